The third-order valence-corrected chi connectivity index (χ3v) is 5.92. The van der Waals surface area contributed by atoms with Crippen LogP contribution >= 0.6 is 35.3 Å². The van der Waals surface area contributed by atoms with Crippen LogP contribution in [-0.4, -0.2) is 37.5 Å². The van der Waals surface area contributed by atoms with E-state index in [0.717, 1.165) is 51.0 Å². The van der Waals surface area contributed by atoms with Crippen molar-refractivity contribution in [2.24, 2.45) is 10.9 Å². The molecule has 0 radical (unpaired) electrons. The summed E-state index contributed by atoms with van der Waals surface area (Å²) in [6.07, 6.45) is 6.42. The molecular weight excluding hydrogens is 459 g/mol. The lowest BCUT2D eigenvalue weighted by Crippen LogP contribution is -2.47. The Morgan fingerprint density at radius 1 is 1.27 bits per heavy atom. The van der Waals surface area contributed by atoms with Gasteiger partial charge >= 0.3 is 0 Å². The van der Waals surface area contributed by atoms with Gasteiger partial charge in [0, 0.05) is 31.6 Å². The highest BCUT2D eigenvalue weighted by Gasteiger charge is 2.31. The second-order valence-electron chi connectivity index (χ2n) is 7.40. The summed E-state index contributed by atoms with van der Waals surface area (Å²) < 4.78 is 0. The van der Waals surface area contributed by atoms with Gasteiger partial charge in [-0.15, -0.1) is 24.0 Å². The summed E-state index contributed by atoms with van der Waals surface area (Å²) in [5.41, 5.74) is 1.36. The standard InChI is InChI=1S/C19H30N4OS.HI/c1-13(15-8-9-25-12-15)11-21-19(20-2)23-17-5-3-4-14(10-17)18(24)22-16-6-7-16;/h8-9,12-14,16-17H,3-7,10-11H2,1-2H3,(H,22,24)(H2,20,21,23);1H. The highest BCUT2D eigenvalue weighted by molar-refractivity contribution is 14.0. The first-order valence-electron chi connectivity index (χ1n) is 9.45. The first-order valence-corrected chi connectivity index (χ1v) is 10.4. The minimum absolute atomic E-state index is 0. The summed E-state index contributed by atoms with van der Waals surface area (Å²) >= 11 is 1.74. The van der Waals surface area contributed by atoms with Gasteiger partial charge in [0.1, 0.15) is 0 Å². The summed E-state index contributed by atoms with van der Waals surface area (Å²) in [5, 5.41) is 14.4. The van der Waals surface area contributed by atoms with Crippen LogP contribution < -0.4 is 16.0 Å². The molecule has 2 fully saturated rings. The van der Waals surface area contributed by atoms with E-state index in [1.807, 2.05) is 7.05 Å². The average molecular weight is 490 g/mol. The third kappa shape index (κ3) is 6.40. The van der Waals surface area contributed by atoms with E-state index >= 15 is 0 Å². The number of amides is 1. The van der Waals surface area contributed by atoms with Crippen molar-refractivity contribution >= 4 is 47.2 Å². The normalized spacial score (nSPS) is 24.3. The maximum atomic E-state index is 12.3. The molecule has 1 aromatic heterocycles. The Balaban J connectivity index is 0.00000243. The van der Waals surface area contributed by atoms with Crippen molar-refractivity contribution in [1.29, 1.82) is 0 Å². The Morgan fingerprint density at radius 3 is 2.73 bits per heavy atom. The Bertz CT molecular complexity index is 588. The van der Waals surface area contributed by atoms with Gasteiger partial charge in [0.05, 0.1) is 0 Å². The van der Waals surface area contributed by atoms with E-state index < -0.39 is 0 Å². The Labute approximate surface area is 177 Å². The lowest BCUT2D eigenvalue weighted by molar-refractivity contribution is -0.126. The number of thiophene rings is 1. The van der Waals surface area contributed by atoms with Crippen LogP contribution in [0.2, 0.25) is 0 Å². The molecule has 0 aliphatic heterocycles. The number of guanidine groups is 1. The summed E-state index contributed by atoms with van der Waals surface area (Å²) in [5.74, 6) is 1.70. The van der Waals surface area contributed by atoms with Gasteiger partial charge in [-0.1, -0.05) is 13.3 Å². The molecule has 3 N–H and O–H groups in total. The maximum Gasteiger partial charge on any atom is 0.223 e. The number of nitrogens with zero attached hydrogens (tertiary/aromatic N) is 1. The maximum absolute atomic E-state index is 12.3. The predicted octanol–water partition coefficient (Wildman–Crippen LogP) is 3.47. The minimum Gasteiger partial charge on any atom is -0.356 e. The third-order valence-electron chi connectivity index (χ3n) is 5.22. The fraction of sp³-hybridized carbons (Fsp3) is 0.684. The van der Waals surface area contributed by atoms with Crippen LogP contribution in [0.3, 0.4) is 0 Å². The van der Waals surface area contributed by atoms with Gasteiger partial charge in [0.15, 0.2) is 5.96 Å². The van der Waals surface area contributed by atoms with E-state index in [-0.39, 0.29) is 35.8 Å². The van der Waals surface area contributed by atoms with E-state index in [9.17, 15) is 4.79 Å². The zero-order valence-corrected chi connectivity index (χ0v) is 18.8. The summed E-state index contributed by atoms with van der Waals surface area (Å²) in [6, 6.07) is 2.96. The molecule has 2 aliphatic carbocycles. The molecule has 0 aromatic carbocycles. The van der Waals surface area contributed by atoms with Crippen LogP contribution in [0.4, 0.5) is 0 Å². The van der Waals surface area contributed by atoms with Gasteiger partial charge in [-0.3, -0.25) is 9.79 Å². The number of rotatable bonds is 6. The van der Waals surface area contributed by atoms with Crippen molar-refractivity contribution in [2.75, 3.05) is 13.6 Å². The van der Waals surface area contributed by atoms with Crippen molar-refractivity contribution in [3.8, 4) is 0 Å². The van der Waals surface area contributed by atoms with Crippen LogP contribution in [0.15, 0.2) is 21.8 Å². The van der Waals surface area contributed by atoms with E-state index in [0.29, 0.717) is 18.0 Å². The summed E-state index contributed by atoms with van der Waals surface area (Å²) in [4.78, 5) is 16.7. The van der Waals surface area contributed by atoms with E-state index in [1.165, 1.54) is 5.56 Å². The molecule has 5 nitrogen and oxygen atoms in total. The van der Waals surface area contributed by atoms with Gasteiger partial charge in [-0.25, -0.2) is 0 Å². The fourth-order valence-electron chi connectivity index (χ4n) is 3.42. The molecule has 0 spiro atoms. The number of nitrogens with one attached hydrogen (secondary N) is 3. The van der Waals surface area contributed by atoms with E-state index in [1.54, 1.807) is 11.3 Å². The zero-order valence-electron chi connectivity index (χ0n) is 15.7. The second-order valence-corrected chi connectivity index (χ2v) is 8.18. The summed E-state index contributed by atoms with van der Waals surface area (Å²) in [7, 11) is 1.81. The number of hydrogen-bond acceptors (Lipinski definition) is 3. The van der Waals surface area contributed by atoms with Crippen LogP contribution in [0, 0.1) is 5.92 Å². The number of halogens is 1. The van der Waals surface area contributed by atoms with Crippen LogP contribution in [0.1, 0.15) is 56.9 Å². The Morgan fingerprint density at radius 2 is 2.08 bits per heavy atom. The fourth-order valence-corrected chi connectivity index (χ4v) is 4.20. The molecule has 7 heteroatoms. The minimum atomic E-state index is 0. The highest BCUT2D eigenvalue weighted by atomic mass is 127. The van der Waals surface area contributed by atoms with Gasteiger partial charge in [0.25, 0.3) is 0 Å². The molecule has 1 aromatic rings. The zero-order chi connectivity index (χ0) is 17.6. The number of carbonyl (C=O) groups excluding carboxylic acids is 1. The van der Waals surface area contributed by atoms with Crippen molar-refractivity contribution in [2.45, 2.75) is 63.5 Å². The number of aliphatic imine (C=N–C) groups is 1. The summed E-state index contributed by atoms with van der Waals surface area (Å²) in [6.45, 7) is 3.08. The molecule has 1 heterocycles. The molecular formula is C19H31IN4OS. The van der Waals surface area contributed by atoms with Crippen LogP contribution in [0.25, 0.3) is 0 Å². The second kappa shape index (κ2) is 10.5. The molecule has 1 amide bonds. The smallest absolute Gasteiger partial charge is 0.223 e. The largest absolute Gasteiger partial charge is 0.356 e. The Hall–Kier alpha value is -0.830. The Kier molecular flexibility index (Phi) is 8.66. The van der Waals surface area contributed by atoms with Gasteiger partial charge < -0.3 is 16.0 Å². The number of carbonyl (C=O) groups is 1. The monoisotopic (exact) mass is 490 g/mol. The molecule has 26 heavy (non-hydrogen) atoms. The molecule has 2 saturated carbocycles. The molecule has 0 saturated heterocycles. The van der Waals surface area contributed by atoms with E-state index in [2.05, 4.69) is 44.7 Å². The topological polar surface area (TPSA) is 65.5 Å². The lowest BCUT2D eigenvalue weighted by Gasteiger charge is -2.30. The SMILES string of the molecule is CN=C(NCC(C)c1ccsc1)NC1CCCC(C(=O)NC2CC2)C1.I. The molecule has 2 aliphatic rings. The van der Waals surface area contributed by atoms with Crippen molar-refractivity contribution in [1.82, 2.24) is 16.0 Å². The average Bonchev–Trinajstić information content (AvgIpc) is 3.26. The van der Waals surface area contributed by atoms with Crippen LogP contribution in [0.5, 0.6) is 0 Å². The lowest BCUT2D eigenvalue weighted by atomic mass is 9.85. The van der Waals surface area contributed by atoms with Crippen molar-refractivity contribution in [3.63, 3.8) is 0 Å². The van der Waals surface area contributed by atoms with Crippen LogP contribution in [-0.2, 0) is 4.79 Å². The molecule has 3 atom stereocenters. The highest BCUT2D eigenvalue weighted by Crippen LogP contribution is 2.26. The molecule has 0 bridgehead atoms. The van der Waals surface area contributed by atoms with Crippen molar-refractivity contribution in [3.05, 3.63) is 22.4 Å². The molecule has 3 rings (SSSR count). The van der Waals surface area contributed by atoms with E-state index in [4.69, 9.17) is 0 Å². The number of hydrogen-bond donors (Lipinski definition) is 3. The first-order chi connectivity index (χ1) is 12.2. The molecule has 146 valence electrons. The van der Waals surface area contributed by atoms with Gasteiger partial charge in [-0.2, -0.15) is 11.3 Å². The van der Waals surface area contributed by atoms with Gasteiger partial charge in [0.2, 0.25) is 5.91 Å². The first kappa shape index (κ1) is 21.5. The van der Waals surface area contributed by atoms with Gasteiger partial charge in [-0.05, 0) is 60.4 Å². The molecule has 3 unspecified atom stereocenters. The predicted molar refractivity (Wildman–Crippen MR) is 120 cm³/mol. The van der Waals surface area contributed by atoms with Crippen molar-refractivity contribution < 1.29 is 4.79 Å². The quantitative estimate of drug-likeness (QED) is 0.325.